The van der Waals surface area contributed by atoms with Gasteiger partial charge in [0, 0.05) is 19.7 Å². The second-order valence-corrected chi connectivity index (χ2v) is 6.62. The highest BCUT2D eigenvalue weighted by Gasteiger charge is 2.30. The number of aliphatic hydroxyl groups is 1. The first-order valence-electron chi connectivity index (χ1n) is 8.51. The zero-order chi connectivity index (χ0) is 15.3. The van der Waals surface area contributed by atoms with Crippen LogP contribution in [0.4, 0.5) is 0 Å². The standard InChI is InChI=1S/C18H27NO3/c20-9-8-18(6-2-1-3-7-18)14-19-13-15-4-5-16-17(12-15)22-11-10-21-16/h4-5,12,19-20H,1-3,6-11,13-14H2. The topological polar surface area (TPSA) is 50.7 Å². The summed E-state index contributed by atoms with van der Waals surface area (Å²) in [5.41, 5.74) is 1.51. The average Bonchev–Trinajstić information content (AvgIpc) is 2.56. The molecule has 1 fully saturated rings. The van der Waals surface area contributed by atoms with Crippen molar-refractivity contribution in [1.82, 2.24) is 5.32 Å². The number of aliphatic hydroxyl groups excluding tert-OH is 1. The van der Waals surface area contributed by atoms with Gasteiger partial charge in [-0.3, -0.25) is 0 Å². The zero-order valence-electron chi connectivity index (χ0n) is 13.3. The highest BCUT2D eigenvalue weighted by atomic mass is 16.6. The number of nitrogens with one attached hydrogen (secondary N) is 1. The Hall–Kier alpha value is -1.26. The smallest absolute Gasteiger partial charge is 0.161 e. The molecule has 1 heterocycles. The van der Waals surface area contributed by atoms with E-state index in [4.69, 9.17) is 9.47 Å². The molecule has 0 saturated heterocycles. The zero-order valence-corrected chi connectivity index (χ0v) is 13.3. The Morgan fingerprint density at radius 3 is 2.59 bits per heavy atom. The lowest BCUT2D eigenvalue weighted by Crippen LogP contribution is -2.36. The van der Waals surface area contributed by atoms with Crippen LogP contribution in [0.3, 0.4) is 0 Å². The molecule has 2 aliphatic rings. The van der Waals surface area contributed by atoms with E-state index in [-0.39, 0.29) is 0 Å². The number of benzene rings is 1. The molecule has 3 rings (SSSR count). The molecule has 0 spiro atoms. The summed E-state index contributed by atoms with van der Waals surface area (Å²) in [5.74, 6) is 1.70. The fourth-order valence-electron chi connectivity index (χ4n) is 3.72. The summed E-state index contributed by atoms with van der Waals surface area (Å²) in [5, 5.41) is 13.0. The van der Waals surface area contributed by atoms with Crippen LogP contribution in [0.1, 0.15) is 44.1 Å². The molecule has 4 heteroatoms. The second kappa shape index (κ2) is 7.34. The third-order valence-electron chi connectivity index (χ3n) is 4.99. The van der Waals surface area contributed by atoms with Crippen LogP contribution in [0.15, 0.2) is 18.2 Å². The largest absolute Gasteiger partial charge is 0.486 e. The van der Waals surface area contributed by atoms with Gasteiger partial charge in [-0.25, -0.2) is 0 Å². The van der Waals surface area contributed by atoms with Crippen molar-refractivity contribution in [1.29, 1.82) is 0 Å². The van der Waals surface area contributed by atoms with Crippen molar-refractivity contribution in [3.63, 3.8) is 0 Å². The van der Waals surface area contributed by atoms with Crippen molar-refractivity contribution in [2.24, 2.45) is 5.41 Å². The Balaban J connectivity index is 1.55. The van der Waals surface area contributed by atoms with Crippen molar-refractivity contribution in [3.8, 4) is 11.5 Å². The molecule has 0 unspecified atom stereocenters. The summed E-state index contributed by atoms with van der Waals surface area (Å²) in [6, 6.07) is 6.16. The van der Waals surface area contributed by atoms with E-state index in [9.17, 15) is 5.11 Å². The fourth-order valence-corrected chi connectivity index (χ4v) is 3.72. The molecule has 1 saturated carbocycles. The Morgan fingerprint density at radius 2 is 1.82 bits per heavy atom. The molecular formula is C18H27NO3. The SMILES string of the molecule is OCCC1(CNCc2ccc3c(c2)OCCO3)CCCCC1. The van der Waals surface area contributed by atoms with E-state index in [1.165, 1.54) is 37.7 Å². The van der Waals surface area contributed by atoms with E-state index in [1.807, 2.05) is 6.07 Å². The highest BCUT2D eigenvalue weighted by Crippen LogP contribution is 2.38. The minimum absolute atomic E-state index is 0.292. The maximum Gasteiger partial charge on any atom is 0.161 e. The van der Waals surface area contributed by atoms with Crippen LogP contribution < -0.4 is 14.8 Å². The number of hydrogen-bond donors (Lipinski definition) is 2. The first-order valence-corrected chi connectivity index (χ1v) is 8.51. The van der Waals surface area contributed by atoms with E-state index in [0.29, 0.717) is 25.2 Å². The maximum atomic E-state index is 9.37. The lowest BCUT2D eigenvalue weighted by Gasteiger charge is -2.37. The molecule has 0 bridgehead atoms. The number of hydrogen-bond acceptors (Lipinski definition) is 4. The van der Waals surface area contributed by atoms with Crippen LogP contribution in [0, 0.1) is 5.41 Å². The van der Waals surface area contributed by atoms with Crippen molar-refractivity contribution < 1.29 is 14.6 Å². The van der Waals surface area contributed by atoms with Gasteiger partial charge in [-0.1, -0.05) is 25.3 Å². The molecule has 0 aromatic heterocycles. The molecule has 1 aromatic carbocycles. The predicted molar refractivity (Wildman–Crippen MR) is 86.4 cm³/mol. The van der Waals surface area contributed by atoms with E-state index in [0.717, 1.165) is 31.0 Å². The van der Waals surface area contributed by atoms with Crippen LogP contribution >= 0.6 is 0 Å². The minimum Gasteiger partial charge on any atom is -0.486 e. The molecule has 122 valence electrons. The van der Waals surface area contributed by atoms with Gasteiger partial charge in [0.25, 0.3) is 0 Å². The Kier molecular flexibility index (Phi) is 5.21. The van der Waals surface area contributed by atoms with Crippen LogP contribution in [-0.2, 0) is 6.54 Å². The van der Waals surface area contributed by atoms with Gasteiger partial charge in [0.15, 0.2) is 11.5 Å². The van der Waals surface area contributed by atoms with Gasteiger partial charge in [0.2, 0.25) is 0 Å². The van der Waals surface area contributed by atoms with Gasteiger partial charge in [0.05, 0.1) is 0 Å². The predicted octanol–water partition coefficient (Wildman–Crippen LogP) is 2.88. The molecule has 0 amide bonds. The van der Waals surface area contributed by atoms with E-state index >= 15 is 0 Å². The van der Waals surface area contributed by atoms with Crippen LogP contribution in [0.2, 0.25) is 0 Å². The lowest BCUT2D eigenvalue weighted by atomic mass is 9.72. The van der Waals surface area contributed by atoms with Gasteiger partial charge >= 0.3 is 0 Å². The molecule has 1 aromatic rings. The minimum atomic E-state index is 0.292. The molecule has 1 aliphatic heterocycles. The van der Waals surface area contributed by atoms with Crippen molar-refractivity contribution in [2.75, 3.05) is 26.4 Å². The molecule has 22 heavy (non-hydrogen) atoms. The molecule has 4 nitrogen and oxygen atoms in total. The second-order valence-electron chi connectivity index (χ2n) is 6.62. The van der Waals surface area contributed by atoms with Crippen molar-refractivity contribution in [2.45, 2.75) is 45.1 Å². The van der Waals surface area contributed by atoms with Crippen LogP contribution in [-0.4, -0.2) is 31.5 Å². The molecular weight excluding hydrogens is 278 g/mol. The van der Waals surface area contributed by atoms with E-state index in [1.54, 1.807) is 0 Å². The number of rotatable bonds is 6. The van der Waals surface area contributed by atoms with Crippen molar-refractivity contribution >= 4 is 0 Å². The Labute approximate surface area is 132 Å². The summed E-state index contributed by atoms with van der Waals surface area (Å²) >= 11 is 0. The molecule has 0 atom stereocenters. The Morgan fingerprint density at radius 1 is 1.05 bits per heavy atom. The number of fused-ring (bicyclic) bond motifs is 1. The van der Waals surface area contributed by atoms with E-state index in [2.05, 4.69) is 17.4 Å². The first kappa shape index (κ1) is 15.6. The van der Waals surface area contributed by atoms with Crippen LogP contribution in [0.25, 0.3) is 0 Å². The van der Waals surface area contributed by atoms with Crippen molar-refractivity contribution in [3.05, 3.63) is 23.8 Å². The Bertz CT molecular complexity index is 478. The van der Waals surface area contributed by atoms with Gasteiger partial charge in [-0.2, -0.15) is 0 Å². The third-order valence-corrected chi connectivity index (χ3v) is 4.99. The number of ether oxygens (including phenoxy) is 2. The van der Waals surface area contributed by atoms with E-state index < -0.39 is 0 Å². The summed E-state index contributed by atoms with van der Waals surface area (Å²) < 4.78 is 11.2. The summed E-state index contributed by atoms with van der Waals surface area (Å²) in [6.45, 7) is 3.38. The fraction of sp³-hybridized carbons (Fsp3) is 0.667. The van der Waals surface area contributed by atoms with Crippen LogP contribution in [0.5, 0.6) is 11.5 Å². The maximum absolute atomic E-state index is 9.37. The summed E-state index contributed by atoms with van der Waals surface area (Å²) in [7, 11) is 0. The first-order chi connectivity index (χ1) is 10.8. The van der Waals surface area contributed by atoms with Gasteiger partial charge < -0.3 is 19.9 Å². The molecule has 1 aliphatic carbocycles. The average molecular weight is 305 g/mol. The molecule has 0 radical (unpaired) electrons. The normalized spacial score (nSPS) is 19.9. The summed E-state index contributed by atoms with van der Waals surface area (Å²) in [6.07, 6.45) is 7.33. The van der Waals surface area contributed by atoms with Gasteiger partial charge in [-0.15, -0.1) is 0 Å². The molecule has 2 N–H and O–H groups in total. The quantitative estimate of drug-likeness (QED) is 0.848. The highest BCUT2D eigenvalue weighted by molar-refractivity contribution is 5.43. The van der Waals surface area contributed by atoms with Gasteiger partial charge in [0.1, 0.15) is 13.2 Å². The lowest BCUT2D eigenvalue weighted by molar-refractivity contribution is 0.126. The summed E-state index contributed by atoms with van der Waals surface area (Å²) in [4.78, 5) is 0. The third kappa shape index (κ3) is 3.73. The monoisotopic (exact) mass is 305 g/mol. The van der Waals surface area contributed by atoms with Gasteiger partial charge in [-0.05, 0) is 42.4 Å².